The highest BCUT2D eigenvalue weighted by atomic mass is 35.5. The van der Waals surface area contributed by atoms with Crippen LogP contribution < -0.4 is 9.62 Å². The molecular formula is C29H32Cl2FN3O4S. The molecule has 0 aromatic heterocycles. The third kappa shape index (κ3) is 8.68. The van der Waals surface area contributed by atoms with E-state index in [-0.39, 0.29) is 40.2 Å². The van der Waals surface area contributed by atoms with Gasteiger partial charge in [0, 0.05) is 25.1 Å². The van der Waals surface area contributed by atoms with E-state index in [1.807, 2.05) is 44.2 Å². The number of rotatable bonds is 12. The van der Waals surface area contributed by atoms with Gasteiger partial charge in [-0.3, -0.25) is 13.9 Å². The van der Waals surface area contributed by atoms with Crippen molar-refractivity contribution in [2.24, 2.45) is 5.92 Å². The van der Waals surface area contributed by atoms with E-state index in [1.165, 1.54) is 41.3 Å². The van der Waals surface area contributed by atoms with Crippen LogP contribution in [0, 0.1) is 11.7 Å². The van der Waals surface area contributed by atoms with Gasteiger partial charge in [0.2, 0.25) is 21.8 Å². The fourth-order valence-corrected chi connectivity index (χ4v) is 5.17. The number of amides is 2. The van der Waals surface area contributed by atoms with Crippen LogP contribution in [0.2, 0.25) is 10.0 Å². The van der Waals surface area contributed by atoms with Gasteiger partial charge in [0.15, 0.2) is 0 Å². The quantitative estimate of drug-likeness (QED) is 0.302. The molecule has 214 valence electrons. The number of nitrogens with one attached hydrogen (secondary N) is 1. The summed E-state index contributed by atoms with van der Waals surface area (Å²) in [7, 11) is -3.97. The van der Waals surface area contributed by atoms with Crippen LogP contribution in [0.3, 0.4) is 0 Å². The minimum absolute atomic E-state index is 0.110. The SMILES string of the molecule is CC(C)CNC(=O)[C@H](Cc1ccccc1)N(Cc1ccccc1F)C(=O)CN(c1ccc(Cl)c(Cl)c1)S(C)(=O)=O. The molecular weight excluding hydrogens is 576 g/mol. The number of halogens is 3. The molecule has 0 aliphatic carbocycles. The Morgan fingerprint density at radius 1 is 0.950 bits per heavy atom. The maximum Gasteiger partial charge on any atom is 0.244 e. The highest BCUT2D eigenvalue weighted by molar-refractivity contribution is 7.92. The second-order valence-corrected chi connectivity index (χ2v) is 12.5. The minimum atomic E-state index is -3.97. The van der Waals surface area contributed by atoms with Crippen molar-refractivity contribution in [2.45, 2.75) is 32.9 Å². The van der Waals surface area contributed by atoms with Crippen LogP contribution in [0.25, 0.3) is 0 Å². The molecule has 0 radical (unpaired) electrons. The van der Waals surface area contributed by atoms with Gasteiger partial charge in [-0.05, 0) is 35.7 Å². The van der Waals surface area contributed by atoms with E-state index in [4.69, 9.17) is 23.2 Å². The van der Waals surface area contributed by atoms with E-state index in [0.29, 0.717) is 6.54 Å². The van der Waals surface area contributed by atoms with Crippen LogP contribution >= 0.6 is 23.2 Å². The number of hydrogen-bond acceptors (Lipinski definition) is 4. The van der Waals surface area contributed by atoms with Crippen molar-refractivity contribution in [1.82, 2.24) is 10.2 Å². The number of anilines is 1. The number of carbonyl (C=O) groups excluding carboxylic acids is 2. The summed E-state index contributed by atoms with van der Waals surface area (Å²) < 4.78 is 41.3. The lowest BCUT2D eigenvalue weighted by molar-refractivity contribution is -0.140. The van der Waals surface area contributed by atoms with Crippen LogP contribution in [0.5, 0.6) is 0 Å². The molecule has 0 heterocycles. The van der Waals surface area contributed by atoms with Crippen molar-refractivity contribution in [2.75, 3.05) is 23.7 Å². The summed E-state index contributed by atoms with van der Waals surface area (Å²) in [6.45, 7) is 3.35. The predicted octanol–water partition coefficient (Wildman–Crippen LogP) is 5.31. The Morgan fingerprint density at radius 3 is 2.20 bits per heavy atom. The van der Waals surface area contributed by atoms with Gasteiger partial charge in [-0.25, -0.2) is 12.8 Å². The van der Waals surface area contributed by atoms with Crippen molar-refractivity contribution in [3.05, 3.63) is 99.8 Å². The van der Waals surface area contributed by atoms with E-state index in [2.05, 4.69) is 5.32 Å². The van der Waals surface area contributed by atoms with Crippen molar-refractivity contribution in [1.29, 1.82) is 0 Å². The third-order valence-electron chi connectivity index (χ3n) is 6.12. The Bertz CT molecular complexity index is 1440. The Labute approximate surface area is 244 Å². The molecule has 40 heavy (non-hydrogen) atoms. The van der Waals surface area contributed by atoms with Gasteiger partial charge < -0.3 is 10.2 Å². The molecule has 0 aliphatic rings. The van der Waals surface area contributed by atoms with Gasteiger partial charge in [-0.15, -0.1) is 0 Å². The average Bonchev–Trinajstić information content (AvgIpc) is 2.90. The Hall–Kier alpha value is -3.14. The second kappa shape index (κ2) is 14.0. The van der Waals surface area contributed by atoms with Crippen molar-refractivity contribution < 1.29 is 22.4 Å². The largest absolute Gasteiger partial charge is 0.354 e. The molecule has 3 rings (SSSR count). The first-order chi connectivity index (χ1) is 18.9. The number of carbonyl (C=O) groups is 2. The molecule has 0 saturated carbocycles. The monoisotopic (exact) mass is 607 g/mol. The van der Waals surface area contributed by atoms with Gasteiger partial charge in [0.25, 0.3) is 0 Å². The van der Waals surface area contributed by atoms with E-state index in [1.54, 1.807) is 6.07 Å². The van der Waals surface area contributed by atoms with Crippen LogP contribution in [-0.2, 0) is 32.6 Å². The summed E-state index contributed by atoms with van der Waals surface area (Å²) >= 11 is 12.1. The standard InChI is InChI=1S/C29H32Cl2FN3O4S/c1-20(2)17-33-29(37)27(15-21-9-5-4-6-10-21)34(18-22-11-7-8-12-26(22)32)28(36)19-35(40(3,38)39)23-13-14-24(30)25(31)16-23/h4-14,16,20,27H,15,17-19H2,1-3H3,(H,33,37)/t27-/m0/s1. The number of benzene rings is 3. The van der Waals surface area contributed by atoms with E-state index in [9.17, 15) is 22.4 Å². The Kier molecular flexibility index (Phi) is 11.0. The molecule has 0 fully saturated rings. The number of nitrogens with zero attached hydrogens (tertiary/aromatic N) is 2. The summed E-state index contributed by atoms with van der Waals surface area (Å²) in [5, 5.41) is 3.20. The van der Waals surface area contributed by atoms with E-state index < -0.39 is 40.2 Å². The lowest BCUT2D eigenvalue weighted by Gasteiger charge is -2.33. The smallest absolute Gasteiger partial charge is 0.244 e. The lowest BCUT2D eigenvalue weighted by Crippen LogP contribution is -2.53. The van der Waals surface area contributed by atoms with Gasteiger partial charge >= 0.3 is 0 Å². The molecule has 0 spiro atoms. The maximum absolute atomic E-state index is 14.8. The van der Waals surface area contributed by atoms with Crippen LogP contribution in [-0.4, -0.2) is 50.5 Å². The first-order valence-electron chi connectivity index (χ1n) is 12.6. The van der Waals surface area contributed by atoms with Crippen molar-refractivity contribution in [3.63, 3.8) is 0 Å². The van der Waals surface area contributed by atoms with E-state index in [0.717, 1.165) is 16.1 Å². The molecule has 0 aliphatic heterocycles. The summed E-state index contributed by atoms with van der Waals surface area (Å²) in [4.78, 5) is 28.8. The summed E-state index contributed by atoms with van der Waals surface area (Å²) in [6, 6.07) is 18.2. The van der Waals surface area contributed by atoms with Gasteiger partial charge in [0.1, 0.15) is 18.4 Å². The third-order valence-corrected chi connectivity index (χ3v) is 8.00. The van der Waals surface area contributed by atoms with Crippen molar-refractivity contribution >= 4 is 50.7 Å². The zero-order chi connectivity index (χ0) is 29.4. The average molecular weight is 609 g/mol. The Morgan fingerprint density at radius 2 is 1.60 bits per heavy atom. The minimum Gasteiger partial charge on any atom is -0.354 e. The number of sulfonamides is 1. The molecule has 0 saturated heterocycles. The summed E-state index contributed by atoms with van der Waals surface area (Å²) in [6.07, 6.45) is 1.09. The fourth-order valence-electron chi connectivity index (χ4n) is 4.04. The second-order valence-electron chi connectivity index (χ2n) is 9.83. The summed E-state index contributed by atoms with van der Waals surface area (Å²) in [5.41, 5.74) is 1.09. The predicted molar refractivity (Wildman–Crippen MR) is 157 cm³/mol. The fraction of sp³-hybridized carbons (Fsp3) is 0.310. The maximum atomic E-state index is 14.8. The molecule has 1 N–H and O–H groups in total. The zero-order valence-corrected chi connectivity index (χ0v) is 24.8. The molecule has 3 aromatic carbocycles. The highest BCUT2D eigenvalue weighted by Crippen LogP contribution is 2.29. The molecule has 1 atom stereocenters. The summed E-state index contributed by atoms with van der Waals surface area (Å²) in [5.74, 6) is -1.53. The molecule has 3 aromatic rings. The van der Waals surface area contributed by atoms with Crippen LogP contribution in [0.15, 0.2) is 72.8 Å². The first-order valence-corrected chi connectivity index (χ1v) is 15.2. The topological polar surface area (TPSA) is 86.8 Å². The van der Waals surface area contributed by atoms with Gasteiger partial charge in [0.05, 0.1) is 22.0 Å². The molecule has 11 heteroatoms. The normalized spacial score (nSPS) is 12.2. The number of hydrogen-bond donors (Lipinski definition) is 1. The molecule has 0 unspecified atom stereocenters. The van der Waals surface area contributed by atoms with Crippen LogP contribution in [0.1, 0.15) is 25.0 Å². The van der Waals surface area contributed by atoms with Gasteiger partial charge in [-0.2, -0.15) is 0 Å². The van der Waals surface area contributed by atoms with Crippen molar-refractivity contribution in [3.8, 4) is 0 Å². The highest BCUT2D eigenvalue weighted by Gasteiger charge is 2.33. The van der Waals surface area contributed by atoms with Crippen LogP contribution in [0.4, 0.5) is 10.1 Å². The lowest BCUT2D eigenvalue weighted by atomic mass is 10.0. The van der Waals surface area contributed by atoms with E-state index >= 15 is 0 Å². The molecule has 2 amide bonds. The zero-order valence-electron chi connectivity index (χ0n) is 22.5. The Balaban J connectivity index is 2.07. The van der Waals surface area contributed by atoms with Gasteiger partial charge in [-0.1, -0.05) is 85.6 Å². The molecule has 7 nitrogen and oxygen atoms in total. The molecule has 0 bridgehead atoms. The first kappa shape index (κ1) is 31.4.